The van der Waals surface area contributed by atoms with Gasteiger partial charge >= 0.3 is 0 Å². The highest BCUT2D eigenvalue weighted by atomic mass is 15.3. The molecule has 0 saturated carbocycles. The quantitative estimate of drug-likeness (QED) is 0.776. The van der Waals surface area contributed by atoms with Crippen LogP contribution in [0.15, 0.2) is 18.3 Å². The highest BCUT2D eigenvalue weighted by molar-refractivity contribution is 5.42. The minimum Gasteiger partial charge on any atom is -0.355 e. The van der Waals surface area contributed by atoms with E-state index >= 15 is 0 Å². The summed E-state index contributed by atoms with van der Waals surface area (Å²) >= 11 is 0. The van der Waals surface area contributed by atoms with Gasteiger partial charge in [-0.2, -0.15) is 0 Å². The summed E-state index contributed by atoms with van der Waals surface area (Å²) in [6.07, 6.45) is 5.88. The van der Waals surface area contributed by atoms with Crippen molar-refractivity contribution in [3.05, 3.63) is 23.9 Å². The summed E-state index contributed by atoms with van der Waals surface area (Å²) in [7, 11) is 0. The Balaban J connectivity index is 1.75. The highest BCUT2D eigenvalue weighted by Gasteiger charge is 2.40. The van der Waals surface area contributed by atoms with Gasteiger partial charge in [-0.1, -0.05) is 6.07 Å². The van der Waals surface area contributed by atoms with Crippen LogP contribution in [0.25, 0.3) is 0 Å². The molecule has 0 aromatic carbocycles. The number of nitrogens with zero attached hydrogens (tertiary/aromatic N) is 2. The molecule has 0 aliphatic carbocycles. The molecule has 0 radical (unpaired) electrons. The van der Waals surface area contributed by atoms with Gasteiger partial charge in [-0.15, -0.1) is 0 Å². The van der Waals surface area contributed by atoms with E-state index in [4.69, 9.17) is 0 Å². The first-order valence-corrected chi connectivity index (χ1v) is 6.20. The van der Waals surface area contributed by atoms with E-state index in [2.05, 4.69) is 34.3 Å². The van der Waals surface area contributed by atoms with Crippen molar-refractivity contribution in [3.63, 3.8) is 0 Å². The lowest BCUT2D eigenvalue weighted by Crippen LogP contribution is -2.42. The normalized spacial score (nSPS) is 29.2. The molecule has 2 saturated heterocycles. The summed E-state index contributed by atoms with van der Waals surface area (Å²) in [5.41, 5.74) is 1.63. The van der Waals surface area contributed by atoms with Gasteiger partial charge in [0, 0.05) is 24.8 Å². The van der Waals surface area contributed by atoms with Crippen LogP contribution in [0.2, 0.25) is 0 Å². The van der Waals surface area contributed by atoms with E-state index in [1.54, 1.807) is 0 Å². The second-order valence-corrected chi connectivity index (χ2v) is 5.18. The van der Waals surface area contributed by atoms with Crippen LogP contribution in [0.4, 0.5) is 5.82 Å². The minimum absolute atomic E-state index is 0.395. The first-order chi connectivity index (χ1) is 7.77. The Hall–Kier alpha value is -1.09. The number of hydrogen-bond acceptors (Lipinski definition) is 3. The molecule has 1 atom stereocenters. The molecule has 16 heavy (non-hydrogen) atoms. The van der Waals surface area contributed by atoms with Gasteiger partial charge in [-0.25, -0.2) is 4.98 Å². The standard InChI is InChI=1S/C13H19N3/c1-11-3-4-12(14-9-11)16-8-6-13(10-16)5-2-7-15-13/h3-4,9,15H,2,5-8,10H2,1H3. The molecule has 1 aromatic heterocycles. The third-order valence-electron chi connectivity index (χ3n) is 3.91. The fourth-order valence-corrected chi connectivity index (χ4v) is 2.93. The van der Waals surface area contributed by atoms with Gasteiger partial charge in [0.1, 0.15) is 5.82 Å². The van der Waals surface area contributed by atoms with Crippen molar-refractivity contribution >= 4 is 5.82 Å². The number of pyridine rings is 1. The third-order valence-corrected chi connectivity index (χ3v) is 3.91. The largest absolute Gasteiger partial charge is 0.355 e. The summed E-state index contributed by atoms with van der Waals surface area (Å²) in [5.74, 6) is 1.14. The molecule has 3 heterocycles. The zero-order valence-corrected chi connectivity index (χ0v) is 9.87. The van der Waals surface area contributed by atoms with Gasteiger partial charge in [0.25, 0.3) is 0 Å². The molecular weight excluding hydrogens is 198 g/mol. The van der Waals surface area contributed by atoms with E-state index in [1.807, 2.05) is 6.20 Å². The molecule has 1 N–H and O–H groups in total. The number of rotatable bonds is 1. The monoisotopic (exact) mass is 217 g/mol. The Kier molecular flexibility index (Phi) is 2.36. The van der Waals surface area contributed by atoms with E-state index in [0.29, 0.717) is 5.54 Å². The molecule has 0 amide bonds. The molecule has 2 fully saturated rings. The fourth-order valence-electron chi connectivity index (χ4n) is 2.93. The second-order valence-electron chi connectivity index (χ2n) is 5.18. The van der Waals surface area contributed by atoms with Gasteiger partial charge in [0.05, 0.1) is 0 Å². The molecule has 0 bridgehead atoms. The van der Waals surface area contributed by atoms with Gasteiger partial charge in [0.2, 0.25) is 0 Å². The Bertz CT molecular complexity index is 365. The predicted molar refractivity (Wildman–Crippen MR) is 65.8 cm³/mol. The average molecular weight is 217 g/mol. The van der Waals surface area contributed by atoms with Gasteiger partial charge in [-0.05, 0) is 44.4 Å². The molecule has 1 spiro atoms. The van der Waals surface area contributed by atoms with Crippen LogP contribution in [0.1, 0.15) is 24.8 Å². The Morgan fingerprint density at radius 1 is 1.38 bits per heavy atom. The molecule has 1 aromatic rings. The third kappa shape index (κ3) is 1.69. The smallest absolute Gasteiger partial charge is 0.128 e. The van der Waals surface area contributed by atoms with Crippen LogP contribution in [-0.4, -0.2) is 30.2 Å². The van der Waals surface area contributed by atoms with Crippen molar-refractivity contribution in [2.45, 2.75) is 31.7 Å². The van der Waals surface area contributed by atoms with Crippen LogP contribution in [-0.2, 0) is 0 Å². The number of hydrogen-bond donors (Lipinski definition) is 1. The topological polar surface area (TPSA) is 28.2 Å². The van der Waals surface area contributed by atoms with E-state index in [-0.39, 0.29) is 0 Å². The van der Waals surface area contributed by atoms with E-state index < -0.39 is 0 Å². The van der Waals surface area contributed by atoms with E-state index in [9.17, 15) is 0 Å². The molecule has 2 aliphatic heterocycles. The Labute approximate surface area is 96.9 Å². The first-order valence-electron chi connectivity index (χ1n) is 6.20. The molecule has 3 nitrogen and oxygen atoms in total. The molecule has 3 heteroatoms. The maximum atomic E-state index is 4.51. The van der Waals surface area contributed by atoms with Crippen LogP contribution in [0, 0.1) is 6.92 Å². The number of aryl methyl sites for hydroxylation is 1. The maximum Gasteiger partial charge on any atom is 0.128 e. The van der Waals surface area contributed by atoms with Crippen LogP contribution in [0.3, 0.4) is 0 Å². The molecular formula is C13H19N3. The Morgan fingerprint density at radius 2 is 2.31 bits per heavy atom. The van der Waals surface area contributed by atoms with Crippen LogP contribution >= 0.6 is 0 Å². The van der Waals surface area contributed by atoms with Crippen molar-refractivity contribution in [2.24, 2.45) is 0 Å². The van der Waals surface area contributed by atoms with Crippen LogP contribution in [0.5, 0.6) is 0 Å². The SMILES string of the molecule is Cc1ccc(N2CCC3(CCCN3)C2)nc1. The fraction of sp³-hybridized carbons (Fsp3) is 0.615. The maximum absolute atomic E-state index is 4.51. The van der Waals surface area contributed by atoms with Crippen LogP contribution < -0.4 is 10.2 Å². The van der Waals surface area contributed by atoms with E-state index in [1.165, 1.54) is 31.4 Å². The van der Waals surface area contributed by atoms with Crippen molar-refractivity contribution in [1.82, 2.24) is 10.3 Å². The van der Waals surface area contributed by atoms with Gasteiger partial charge < -0.3 is 10.2 Å². The number of aromatic nitrogens is 1. The molecule has 86 valence electrons. The van der Waals surface area contributed by atoms with E-state index in [0.717, 1.165) is 18.9 Å². The highest BCUT2D eigenvalue weighted by Crippen LogP contribution is 2.31. The van der Waals surface area contributed by atoms with Gasteiger partial charge in [0.15, 0.2) is 0 Å². The van der Waals surface area contributed by atoms with Crippen molar-refractivity contribution in [2.75, 3.05) is 24.5 Å². The Morgan fingerprint density at radius 3 is 3.00 bits per heavy atom. The lowest BCUT2D eigenvalue weighted by Gasteiger charge is -2.24. The predicted octanol–water partition coefficient (Wildman–Crippen LogP) is 1.72. The van der Waals surface area contributed by atoms with Gasteiger partial charge in [-0.3, -0.25) is 0 Å². The first kappa shape index (κ1) is 10.1. The second kappa shape index (κ2) is 3.74. The lowest BCUT2D eigenvalue weighted by molar-refractivity contribution is 0.418. The average Bonchev–Trinajstić information content (AvgIpc) is 2.91. The number of nitrogens with one attached hydrogen (secondary N) is 1. The zero-order valence-electron chi connectivity index (χ0n) is 9.87. The zero-order chi connectivity index (χ0) is 11.0. The summed E-state index contributed by atoms with van der Waals surface area (Å²) in [5, 5.41) is 3.67. The number of anilines is 1. The summed E-state index contributed by atoms with van der Waals surface area (Å²) in [6.45, 7) is 5.54. The molecule has 3 rings (SSSR count). The van der Waals surface area contributed by atoms with Crippen molar-refractivity contribution in [1.29, 1.82) is 0 Å². The van der Waals surface area contributed by atoms with Crippen molar-refractivity contribution < 1.29 is 0 Å². The lowest BCUT2D eigenvalue weighted by atomic mass is 9.97. The summed E-state index contributed by atoms with van der Waals surface area (Å²) in [6, 6.07) is 4.29. The van der Waals surface area contributed by atoms with Crippen molar-refractivity contribution in [3.8, 4) is 0 Å². The minimum atomic E-state index is 0.395. The summed E-state index contributed by atoms with van der Waals surface area (Å²) < 4.78 is 0. The molecule has 1 unspecified atom stereocenters. The summed E-state index contributed by atoms with van der Waals surface area (Å²) in [4.78, 5) is 6.93. The molecule has 2 aliphatic rings.